The number of benzene rings is 2. The maximum Gasteiger partial charge on any atom is 0.224 e. The monoisotopic (exact) mass is 475 g/mol. The normalized spacial score (nSPS) is 16.0. The van der Waals surface area contributed by atoms with E-state index in [-0.39, 0.29) is 11.8 Å². The van der Waals surface area contributed by atoms with Gasteiger partial charge in [-0.3, -0.25) is 14.7 Å². The lowest BCUT2D eigenvalue weighted by Gasteiger charge is -2.32. The molecule has 1 unspecified atom stereocenters. The first kappa shape index (κ1) is 24.9. The van der Waals surface area contributed by atoms with Crippen molar-refractivity contribution in [2.24, 2.45) is 5.92 Å². The van der Waals surface area contributed by atoms with Gasteiger partial charge in [0, 0.05) is 18.7 Å². The van der Waals surface area contributed by atoms with Crippen LogP contribution in [0.1, 0.15) is 49.6 Å². The molecule has 4 rings (SSSR count). The Morgan fingerprint density at radius 2 is 1.83 bits per heavy atom. The number of hydrogen-bond acceptors (Lipinski definition) is 4. The molecule has 0 saturated carbocycles. The highest BCUT2D eigenvalue weighted by Gasteiger charge is 2.28. The molecule has 0 spiro atoms. The SMILES string of the molecule is CC(C)(F)c1cccc(C(NC(=O)C2CCN(CCOc3ccccc3)CC2)c2ccccn2)c1. The Bertz CT molecular complexity index is 1080. The number of alkyl halides is 1. The summed E-state index contributed by atoms with van der Waals surface area (Å²) in [4.78, 5) is 20.1. The molecule has 2 heterocycles. The summed E-state index contributed by atoms with van der Waals surface area (Å²) in [6.45, 7) is 6.26. The second-order valence-corrected chi connectivity index (χ2v) is 9.57. The summed E-state index contributed by atoms with van der Waals surface area (Å²) in [5, 5.41) is 3.21. The summed E-state index contributed by atoms with van der Waals surface area (Å²) in [5.74, 6) is 0.835. The van der Waals surface area contributed by atoms with Crippen molar-refractivity contribution in [3.8, 4) is 5.75 Å². The van der Waals surface area contributed by atoms with Crippen LogP contribution in [0.25, 0.3) is 0 Å². The van der Waals surface area contributed by atoms with Gasteiger partial charge in [0.15, 0.2) is 0 Å². The van der Waals surface area contributed by atoms with E-state index in [1.807, 2.05) is 66.7 Å². The highest BCUT2D eigenvalue weighted by molar-refractivity contribution is 5.79. The van der Waals surface area contributed by atoms with Gasteiger partial charge in [0.2, 0.25) is 5.91 Å². The standard InChI is InChI=1S/C29H34FN3O2/c1-29(2,30)24-10-8-9-23(21-24)27(26-13-6-7-16-31-26)32-28(34)22-14-17-33(18-15-22)19-20-35-25-11-4-3-5-12-25/h3-13,16,21-22,27H,14-15,17-20H2,1-2H3,(H,32,34). The summed E-state index contributed by atoms with van der Waals surface area (Å²) >= 11 is 0. The number of pyridine rings is 1. The van der Waals surface area contributed by atoms with Crippen molar-refractivity contribution in [2.75, 3.05) is 26.2 Å². The average Bonchev–Trinajstić information content (AvgIpc) is 2.88. The van der Waals surface area contributed by atoms with Crippen LogP contribution in [0.15, 0.2) is 79.0 Å². The van der Waals surface area contributed by atoms with Gasteiger partial charge in [-0.2, -0.15) is 0 Å². The number of carbonyl (C=O) groups is 1. The molecule has 1 N–H and O–H groups in total. The zero-order valence-corrected chi connectivity index (χ0v) is 20.5. The number of carbonyl (C=O) groups excluding carboxylic acids is 1. The smallest absolute Gasteiger partial charge is 0.224 e. The number of hydrogen-bond donors (Lipinski definition) is 1. The van der Waals surface area contributed by atoms with Gasteiger partial charge in [0.1, 0.15) is 18.0 Å². The van der Waals surface area contributed by atoms with Crippen LogP contribution in [-0.4, -0.2) is 42.0 Å². The van der Waals surface area contributed by atoms with Crippen LogP contribution in [0.2, 0.25) is 0 Å². The van der Waals surface area contributed by atoms with Crippen LogP contribution in [0.3, 0.4) is 0 Å². The Morgan fingerprint density at radius 3 is 2.51 bits per heavy atom. The molecule has 0 radical (unpaired) electrons. The van der Waals surface area contributed by atoms with Crippen molar-refractivity contribution in [1.82, 2.24) is 15.2 Å². The number of rotatable bonds is 9. The van der Waals surface area contributed by atoms with E-state index in [9.17, 15) is 9.18 Å². The van der Waals surface area contributed by atoms with Gasteiger partial charge in [-0.05, 0) is 75.2 Å². The first-order valence-corrected chi connectivity index (χ1v) is 12.3. The minimum atomic E-state index is -1.47. The van der Waals surface area contributed by atoms with Gasteiger partial charge in [0.05, 0.1) is 11.7 Å². The molecule has 0 bridgehead atoms. The van der Waals surface area contributed by atoms with Crippen LogP contribution in [0, 0.1) is 5.92 Å². The lowest BCUT2D eigenvalue weighted by molar-refractivity contribution is -0.127. The molecule has 35 heavy (non-hydrogen) atoms. The van der Waals surface area contributed by atoms with Gasteiger partial charge in [0.25, 0.3) is 0 Å². The molecule has 1 aliphatic rings. The minimum absolute atomic E-state index is 0.0192. The molecule has 5 nitrogen and oxygen atoms in total. The fourth-order valence-electron chi connectivity index (χ4n) is 4.45. The van der Waals surface area contributed by atoms with E-state index in [2.05, 4.69) is 15.2 Å². The van der Waals surface area contributed by atoms with E-state index in [1.165, 1.54) is 0 Å². The molecule has 1 aliphatic heterocycles. The Kier molecular flexibility index (Phi) is 8.13. The third-order valence-corrected chi connectivity index (χ3v) is 6.55. The molecule has 1 fully saturated rings. The lowest BCUT2D eigenvalue weighted by Crippen LogP contribution is -2.43. The van der Waals surface area contributed by atoms with Crippen molar-refractivity contribution in [2.45, 2.75) is 38.4 Å². The average molecular weight is 476 g/mol. The molecular weight excluding hydrogens is 441 g/mol. The molecule has 1 atom stereocenters. The van der Waals surface area contributed by atoms with Gasteiger partial charge in [-0.1, -0.05) is 48.5 Å². The maximum atomic E-state index is 14.6. The molecule has 1 aromatic heterocycles. The van der Waals surface area contributed by atoms with Crippen molar-refractivity contribution in [3.05, 3.63) is 95.8 Å². The summed E-state index contributed by atoms with van der Waals surface area (Å²) in [6.07, 6.45) is 3.31. The van der Waals surface area contributed by atoms with E-state index in [1.54, 1.807) is 26.1 Å². The Morgan fingerprint density at radius 1 is 1.09 bits per heavy atom. The number of likely N-dealkylation sites (tertiary alicyclic amines) is 1. The molecule has 1 amide bonds. The highest BCUT2D eigenvalue weighted by atomic mass is 19.1. The number of nitrogens with one attached hydrogen (secondary N) is 1. The summed E-state index contributed by atoms with van der Waals surface area (Å²) in [6, 6.07) is 22.4. The molecule has 1 saturated heterocycles. The zero-order chi connectivity index (χ0) is 24.7. The molecule has 3 aromatic rings. The predicted molar refractivity (Wildman–Crippen MR) is 136 cm³/mol. The number of ether oxygens (including phenoxy) is 1. The fraction of sp³-hybridized carbons (Fsp3) is 0.379. The quantitative estimate of drug-likeness (QED) is 0.457. The first-order chi connectivity index (χ1) is 16.9. The van der Waals surface area contributed by atoms with Crippen LogP contribution in [0.5, 0.6) is 5.75 Å². The van der Waals surface area contributed by atoms with Crippen molar-refractivity contribution in [1.29, 1.82) is 0 Å². The third kappa shape index (κ3) is 6.89. The second kappa shape index (κ2) is 11.5. The maximum absolute atomic E-state index is 14.6. The summed E-state index contributed by atoms with van der Waals surface area (Å²) < 4.78 is 20.4. The molecule has 0 aliphatic carbocycles. The van der Waals surface area contributed by atoms with Crippen LogP contribution in [0.4, 0.5) is 4.39 Å². The first-order valence-electron chi connectivity index (χ1n) is 12.3. The molecule has 2 aromatic carbocycles. The molecule has 184 valence electrons. The number of para-hydroxylation sites is 1. The van der Waals surface area contributed by atoms with E-state index in [0.717, 1.165) is 49.5 Å². The summed E-state index contributed by atoms with van der Waals surface area (Å²) in [5.41, 5.74) is 0.684. The number of amides is 1. The predicted octanol–water partition coefficient (Wildman–Crippen LogP) is 5.28. The highest BCUT2D eigenvalue weighted by Crippen LogP contribution is 2.29. The van der Waals surface area contributed by atoms with Crippen LogP contribution in [-0.2, 0) is 10.5 Å². The number of piperidine rings is 1. The minimum Gasteiger partial charge on any atom is -0.492 e. The Labute approximate surface area is 207 Å². The number of aromatic nitrogens is 1. The Hall–Kier alpha value is -3.25. The van der Waals surface area contributed by atoms with Crippen molar-refractivity contribution < 1.29 is 13.9 Å². The zero-order valence-electron chi connectivity index (χ0n) is 20.5. The van der Waals surface area contributed by atoms with Gasteiger partial charge in [-0.15, -0.1) is 0 Å². The topological polar surface area (TPSA) is 54.5 Å². The second-order valence-electron chi connectivity index (χ2n) is 9.57. The van der Waals surface area contributed by atoms with Crippen LogP contribution >= 0.6 is 0 Å². The number of halogens is 1. The molecular formula is C29H34FN3O2. The van der Waals surface area contributed by atoms with Gasteiger partial charge >= 0.3 is 0 Å². The van der Waals surface area contributed by atoms with Crippen LogP contribution < -0.4 is 10.1 Å². The van der Waals surface area contributed by atoms with E-state index < -0.39 is 11.7 Å². The fourth-order valence-corrected chi connectivity index (χ4v) is 4.45. The summed E-state index contributed by atoms with van der Waals surface area (Å²) in [7, 11) is 0. The van der Waals surface area contributed by atoms with E-state index in [0.29, 0.717) is 12.2 Å². The lowest BCUT2D eigenvalue weighted by atomic mass is 9.92. The molecule has 6 heteroatoms. The van der Waals surface area contributed by atoms with Gasteiger partial charge in [-0.25, -0.2) is 4.39 Å². The third-order valence-electron chi connectivity index (χ3n) is 6.55. The van der Waals surface area contributed by atoms with Crippen molar-refractivity contribution in [3.63, 3.8) is 0 Å². The van der Waals surface area contributed by atoms with Crippen molar-refractivity contribution >= 4 is 5.91 Å². The van der Waals surface area contributed by atoms with Gasteiger partial charge < -0.3 is 10.1 Å². The largest absolute Gasteiger partial charge is 0.492 e. The number of nitrogens with zero attached hydrogens (tertiary/aromatic N) is 2. The Balaban J connectivity index is 1.36. The van der Waals surface area contributed by atoms with E-state index in [4.69, 9.17) is 4.74 Å². The van der Waals surface area contributed by atoms with E-state index >= 15 is 0 Å².